The minimum atomic E-state index is -4.37. The van der Waals surface area contributed by atoms with Gasteiger partial charge in [0, 0.05) is 6.04 Å². The Balaban J connectivity index is 4.23. The summed E-state index contributed by atoms with van der Waals surface area (Å²) in [7, 11) is 0. The van der Waals surface area contributed by atoms with Gasteiger partial charge in [-0.1, -0.05) is 27.2 Å². The topological polar surface area (TPSA) is 35.2 Å². The lowest BCUT2D eigenvalue weighted by Gasteiger charge is -2.26. The zero-order chi connectivity index (χ0) is 12.8. The first-order valence-electron chi connectivity index (χ1n) is 5.76. The molecule has 0 saturated carbocycles. The third-order valence-electron chi connectivity index (χ3n) is 2.52. The largest absolute Gasteiger partial charge is 0.416 e. The van der Waals surface area contributed by atoms with E-state index < -0.39 is 18.3 Å². The van der Waals surface area contributed by atoms with Crippen LogP contribution in [-0.2, 0) is 4.74 Å². The van der Waals surface area contributed by atoms with E-state index in [2.05, 4.69) is 0 Å². The number of rotatable bonds is 7. The van der Waals surface area contributed by atoms with E-state index in [9.17, 15) is 13.2 Å². The first kappa shape index (κ1) is 15.7. The SMILES string of the molecule is CCCC(C)COC(C(N)CC)C(F)(F)F. The monoisotopic (exact) mass is 241 g/mol. The van der Waals surface area contributed by atoms with Crippen LogP contribution in [0.15, 0.2) is 0 Å². The average molecular weight is 241 g/mol. The van der Waals surface area contributed by atoms with Crippen molar-refractivity contribution in [2.24, 2.45) is 11.7 Å². The van der Waals surface area contributed by atoms with Gasteiger partial charge in [-0.3, -0.25) is 0 Å². The van der Waals surface area contributed by atoms with Crippen LogP contribution < -0.4 is 5.73 Å². The first-order valence-corrected chi connectivity index (χ1v) is 5.76. The molecule has 2 N–H and O–H groups in total. The van der Waals surface area contributed by atoms with Crippen LogP contribution in [0.2, 0.25) is 0 Å². The molecule has 0 aliphatic heterocycles. The quantitative estimate of drug-likeness (QED) is 0.743. The molecule has 0 amide bonds. The number of hydrogen-bond acceptors (Lipinski definition) is 2. The van der Waals surface area contributed by atoms with Gasteiger partial charge >= 0.3 is 6.18 Å². The molecule has 0 rings (SSSR count). The van der Waals surface area contributed by atoms with E-state index in [-0.39, 0.29) is 18.9 Å². The Hall–Kier alpha value is -0.290. The lowest BCUT2D eigenvalue weighted by atomic mass is 10.1. The van der Waals surface area contributed by atoms with Crippen LogP contribution in [0.25, 0.3) is 0 Å². The summed E-state index contributed by atoms with van der Waals surface area (Å²) in [6.07, 6.45) is -4.14. The predicted octanol–water partition coefficient (Wildman–Crippen LogP) is 3.11. The maximum absolute atomic E-state index is 12.6. The zero-order valence-electron chi connectivity index (χ0n) is 10.2. The van der Waals surface area contributed by atoms with Gasteiger partial charge in [-0.15, -0.1) is 0 Å². The Kier molecular flexibility index (Phi) is 6.99. The van der Waals surface area contributed by atoms with Gasteiger partial charge in [-0.25, -0.2) is 0 Å². The van der Waals surface area contributed by atoms with E-state index in [1.54, 1.807) is 6.92 Å². The summed E-state index contributed by atoms with van der Waals surface area (Å²) in [5.74, 6) is 0.138. The van der Waals surface area contributed by atoms with Gasteiger partial charge < -0.3 is 10.5 Å². The summed E-state index contributed by atoms with van der Waals surface area (Å²) in [5.41, 5.74) is 5.42. The third-order valence-corrected chi connectivity index (χ3v) is 2.52. The van der Waals surface area contributed by atoms with Crippen LogP contribution in [-0.4, -0.2) is 24.9 Å². The molecule has 0 aromatic rings. The molecule has 3 unspecified atom stereocenters. The lowest BCUT2D eigenvalue weighted by Crippen LogP contribution is -2.47. The molecule has 0 heterocycles. The second-order valence-corrected chi connectivity index (χ2v) is 4.26. The molecule has 0 fully saturated rings. The molecule has 0 bridgehead atoms. The fraction of sp³-hybridized carbons (Fsp3) is 1.00. The fourth-order valence-corrected chi connectivity index (χ4v) is 1.52. The van der Waals surface area contributed by atoms with Gasteiger partial charge in [-0.2, -0.15) is 13.2 Å². The van der Waals surface area contributed by atoms with Crippen molar-refractivity contribution in [2.75, 3.05) is 6.61 Å². The van der Waals surface area contributed by atoms with Crippen molar-refractivity contribution in [3.8, 4) is 0 Å². The Bertz CT molecular complexity index is 185. The minimum absolute atomic E-state index is 0.117. The number of nitrogens with two attached hydrogens (primary N) is 1. The molecular formula is C11H22F3NO. The summed E-state index contributed by atoms with van der Waals surface area (Å²) >= 11 is 0. The van der Waals surface area contributed by atoms with Gasteiger partial charge in [0.05, 0.1) is 6.61 Å². The van der Waals surface area contributed by atoms with Gasteiger partial charge in [0.15, 0.2) is 6.10 Å². The Morgan fingerprint density at radius 2 is 1.81 bits per heavy atom. The molecule has 2 nitrogen and oxygen atoms in total. The maximum Gasteiger partial charge on any atom is 0.416 e. The molecule has 0 aliphatic rings. The molecule has 3 atom stereocenters. The van der Waals surface area contributed by atoms with Crippen molar-refractivity contribution < 1.29 is 17.9 Å². The third kappa shape index (κ3) is 5.70. The van der Waals surface area contributed by atoms with Crippen molar-refractivity contribution in [1.29, 1.82) is 0 Å². The summed E-state index contributed by atoms with van der Waals surface area (Å²) in [4.78, 5) is 0. The predicted molar refractivity (Wildman–Crippen MR) is 58.1 cm³/mol. The number of ether oxygens (including phenoxy) is 1. The Morgan fingerprint density at radius 3 is 2.19 bits per heavy atom. The van der Waals surface area contributed by atoms with E-state index in [0.29, 0.717) is 0 Å². The molecule has 98 valence electrons. The van der Waals surface area contributed by atoms with Crippen LogP contribution in [0.3, 0.4) is 0 Å². The van der Waals surface area contributed by atoms with Crippen molar-refractivity contribution in [1.82, 2.24) is 0 Å². The van der Waals surface area contributed by atoms with Crippen LogP contribution in [0, 0.1) is 5.92 Å². The van der Waals surface area contributed by atoms with E-state index in [0.717, 1.165) is 12.8 Å². The van der Waals surface area contributed by atoms with Crippen LogP contribution in [0.4, 0.5) is 13.2 Å². The Morgan fingerprint density at radius 1 is 1.25 bits per heavy atom. The van der Waals surface area contributed by atoms with Crippen molar-refractivity contribution >= 4 is 0 Å². The summed E-state index contributed by atoms with van der Waals surface area (Å²) in [6.45, 7) is 5.62. The zero-order valence-corrected chi connectivity index (χ0v) is 10.2. The van der Waals surface area contributed by atoms with E-state index in [4.69, 9.17) is 10.5 Å². The van der Waals surface area contributed by atoms with Gasteiger partial charge in [-0.05, 0) is 18.8 Å². The number of hydrogen-bond donors (Lipinski definition) is 1. The van der Waals surface area contributed by atoms with Gasteiger partial charge in [0.1, 0.15) is 0 Å². The molecule has 16 heavy (non-hydrogen) atoms. The van der Waals surface area contributed by atoms with Crippen molar-refractivity contribution in [3.05, 3.63) is 0 Å². The summed E-state index contributed by atoms with van der Waals surface area (Å²) < 4.78 is 42.7. The summed E-state index contributed by atoms with van der Waals surface area (Å²) in [6, 6.07) is -0.978. The smallest absolute Gasteiger partial charge is 0.367 e. The highest BCUT2D eigenvalue weighted by Crippen LogP contribution is 2.26. The molecule has 0 aromatic heterocycles. The van der Waals surface area contributed by atoms with Crippen LogP contribution in [0.1, 0.15) is 40.0 Å². The van der Waals surface area contributed by atoms with Gasteiger partial charge in [0.25, 0.3) is 0 Å². The fourth-order valence-electron chi connectivity index (χ4n) is 1.52. The number of alkyl halides is 3. The summed E-state index contributed by atoms with van der Waals surface area (Å²) in [5, 5.41) is 0. The van der Waals surface area contributed by atoms with Crippen LogP contribution >= 0.6 is 0 Å². The standard InChI is InChI=1S/C11H22F3NO/c1-4-6-8(3)7-16-10(9(15)5-2)11(12,13)14/h8-10H,4-7,15H2,1-3H3. The molecule has 5 heteroatoms. The molecule has 0 saturated heterocycles. The first-order chi connectivity index (χ1) is 7.32. The average Bonchev–Trinajstić information content (AvgIpc) is 2.16. The Labute approximate surface area is 95.3 Å². The molecular weight excluding hydrogens is 219 g/mol. The molecule has 0 spiro atoms. The molecule has 0 radical (unpaired) electrons. The molecule has 0 aliphatic carbocycles. The minimum Gasteiger partial charge on any atom is -0.367 e. The van der Waals surface area contributed by atoms with E-state index in [1.165, 1.54) is 0 Å². The highest BCUT2D eigenvalue weighted by molar-refractivity contribution is 4.79. The van der Waals surface area contributed by atoms with E-state index in [1.807, 2.05) is 13.8 Å². The highest BCUT2D eigenvalue weighted by atomic mass is 19.4. The second kappa shape index (κ2) is 7.12. The van der Waals surface area contributed by atoms with E-state index >= 15 is 0 Å². The number of halogens is 3. The maximum atomic E-state index is 12.6. The lowest BCUT2D eigenvalue weighted by molar-refractivity contribution is -0.229. The molecule has 0 aromatic carbocycles. The van der Waals surface area contributed by atoms with Crippen molar-refractivity contribution in [3.63, 3.8) is 0 Å². The van der Waals surface area contributed by atoms with Gasteiger partial charge in [0.2, 0.25) is 0 Å². The second-order valence-electron chi connectivity index (χ2n) is 4.26. The van der Waals surface area contributed by atoms with Crippen molar-refractivity contribution in [2.45, 2.75) is 58.4 Å². The highest BCUT2D eigenvalue weighted by Gasteiger charge is 2.44. The van der Waals surface area contributed by atoms with Crippen LogP contribution in [0.5, 0.6) is 0 Å². The normalized spacial score (nSPS) is 18.2.